The van der Waals surface area contributed by atoms with Gasteiger partial charge in [-0.25, -0.2) is 9.18 Å². The fourth-order valence-electron chi connectivity index (χ4n) is 2.46. The Labute approximate surface area is 148 Å². The second-order valence-electron chi connectivity index (χ2n) is 5.48. The average molecular weight is 354 g/mol. The first-order valence-corrected chi connectivity index (χ1v) is 7.86. The zero-order chi connectivity index (χ0) is 18.5. The van der Waals surface area contributed by atoms with Crippen LogP contribution in [-0.4, -0.2) is 30.1 Å². The third kappa shape index (κ3) is 3.97. The van der Waals surface area contributed by atoms with Gasteiger partial charge in [0.2, 0.25) is 0 Å². The molecule has 0 heterocycles. The van der Waals surface area contributed by atoms with E-state index in [1.54, 1.807) is 0 Å². The smallest absolute Gasteiger partial charge is 0.377 e. The van der Waals surface area contributed by atoms with Gasteiger partial charge in [0, 0.05) is 6.07 Å². The highest BCUT2D eigenvalue weighted by Gasteiger charge is 2.19. The lowest BCUT2D eigenvalue weighted by atomic mass is 10.1. The molecule has 3 rings (SSSR count). The van der Waals surface area contributed by atoms with E-state index >= 15 is 0 Å². The first kappa shape index (κ1) is 17.4. The van der Waals surface area contributed by atoms with Crippen LogP contribution in [0.5, 0.6) is 11.5 Å². The molecular formula is C20H15FO5. The highest BCUT2D eigenvalue weighted by Crippen LogP contribution is 2.21. The van der Waals surface area contributed by atoms with Crippen LogP contribution in [0.15, 0.2) is 60.7 Å². The SMILES string of the molecule is O=C(O)C(=O)c1ccc(OCCOc2ccc3ccccc3c2)cc1F. The maximum atomic E-state index is 13.8. The maximum Gasteiger partial charge on any atom is 0.377 e. The van der Waals surface area contributed by atoms with Crippen LogP contribution in [0, 0.1) is 5.82 Å². The molecule has 6 heteroatoms. The predicted molar refractivity (Wildman–Crippen MR) is 93.3 cm³/mol. The maximum absolute atomic E-state index is 13.8. The molecule has 1 N–H and O–H groups in total. The Hall–Kier alpha value is -3.41. The Kier molecular flexibility index (Phi) is 5.12. The number of carboxylic acid groups (broad SMARTS) is 1. The summed E-state index contributed by atoms with van der Waals surface area (Å²) in [6, 6.07) is 17.0. The molecule has 0 aliphatic carbocycles. The van der Waals surface area contributed by atoms with E-state index in [4.69, 9.17) is 14.6 Å². The lowest BCUT2D eigenvalue weighted by molar-refractivity contribution is -0.131. The second-order valence-corrected chi connectivity index (χ2v) is 5.48. The van der Waals surface area contributed by atoms with Crippen LogP contribution in [-0.2, 0) is 4.79 Å². The molecule has 5 nitrogen and oxygen atoms in total. The number of Topliss-reactive ketones (excluding diaryl/α,β-unsaturated/α-hetero) is 1. The number of carbonyl (C=O) groups excluding carboxylic acids is 1. The molecule has 0 radical (unpaired) electrons. The number of ketones is 1. The fourth-order valence-corrected chi connectivity index (χ4v) is 2.46. The number of fused-ring (bicyclic) bond motifs is 1. The summed E-state index contributed by atoms with van der Waals surface area (Å²) in [6.45, 7) is 0.411. The van der Waals surface area contributed by atoms with Crippen molar-refractivity contribution in [2.45, 2.75) is 0 Å². The topological polar surface area (TPSA) is 72.8 Å². The van der Waals surface area contributed by atoms with Crippen LogP contribution in [0.25, 0.3) is 10.8 Å². The van der Waals surface area contributed by atoms with Crippen LogP contribution >= 0.6 is 0 Å². The van der Waals surface area contributed by atoms with E-state index in [-0.39, 0.29) is 19.0 Å². The van der Waals surface area contributed by atoms with Crippen molar-refractivity contribution in [3.05, 3.63) is 72.0 Å². The van der Waals surface area contributed by atoms with E-state index in [9.17, 15) is 14.0 Å². The van der Waals surface area contributed by atoms with Crippen molar-refractivity contribution < 1.29 is 28.6 Å². The van der Waals surface area contributed by atoms with E-state index in [1.165, 1.54) is 6.07 Å². The van der Waals surface area contributed by atoms with Crippen LogP contribution in [0.3, 0.4) is 0 Å². The minimum absolute atomic E-state index is 0.165. The monoisotopic (exact) mass is 354 g/mol. The Morgan fingerprint density at radius 3 is 2.12 bits per heavy atom. The Bertz CT molecular complexity index is 967. The van der Waals surface area contributed by atoms with E-state index < -0.39 is 23.1 Å². The van der Waals surface area contributed by atoms with Gasteiger partial charge in [0.1, 0.15) is 30.5 Å². The van der Waals surface area contributed by atoms with E-state index in [0.717, 1.165) is 22.9 Å². The molecule has 132 valence electrons. The summed E-state index contributed by atoms with van der Waals surface area (Å²) in [6.07, 6.45) is 0. The van der Waals surface area contributed by atoms with Gasteiger partial charge in [0.25, 0.3) is 5.78 Å². The number of carboxylic acids is 1. The average Bonchev–Trinajstić information content (AvgIpc) is 2.64. The Morgan fingerprint density at radius 1 is 0.846 bits per heavy atom. The van der Waals surface area contributed by atoms with Crippen molar-refractivity contribution in [2.75, 3.05) is 13.2 Å². The minimum Gasteiger partial charge on any atom is -0.490 e. The summed E-state index contributed by atoms with van der Waals surface area (Å²) < 4.78 is 24.8. The lowest BCUT2D eigenvalue weighted by Gasteiger charge is -2.10. The van der Waals surface area contributed by atoms with Crippen molar-refractivity contribution in [1.82, 2.24) is 0 Å². The molecule has 0 bridgehead atoms. The number of benzene rings is 3. The molecule has 0 spiro atoms. The van der Waals surface area contributed by atoms with Gasteiger partial charge in [-0.2, -0.15) is 0 Å². The van der Waals surface area contributed by atoms with Crippen LogP contribution < -0.4 is 9.47 Å². The number of ether oxygens (including phenoxy) is 2. The number of halogens is 1. The summed E-state index contributed by atoms with van der Waals surface area (Å²) in [7, 11) is 0. The lowest BCUT2D eigenvalue weighted by Crippen LogP contribution is -2.14. The highest BCUT2D eigenvalue weighted by molar-refractivity contribution is 6.39. The summed E-state index contributed by atoms with van der Waals surface area (Å²) in [5.74, 6) is -3.06. The van der Waals surface area contributed by atoms with E-state index in [0.29, 0.717) is 5.75 Å². The molecule has 0 aliphatic heterocycles. The number of carbonyl (C=O) groups is 2. The van der Waals surface area contributed by atoms with Crippen LogP contribution in [0.4, 0.5) is 4.39 Å². The summed E-state index contributed by atoms with van der Waals surface area (Å²) in [4.78, 5) is 21.9. The number of rotatable bonds is 7. The van der Waals surface area contributed by atoms with Gasteiger partial charge in [-0.1, -0.05) is 30.3 Å². The van der Waals surface area contributed by atoms with Gasteiger partial charge < -0.3 is 14.6 Å². The Morgan fingerprint density at radius 2 is 1.46 bits per heavy atom. The molecule has 3 aromatic rings. The number of hydrogen-bond donors (Lipinski definition) is 1. The number of aliphatic carboxylic acids is 1. The van der Waals surface area contributed by atoms with Crippen molar-refractivity contribution in [3.8, 4) is 11.5 Å². The van der Waals surface area contributed by atoms with Gasteiger partial charge >= 0.3 is 5.97 Å². The van der Waals surface area contributed by atoms with Crippen molar-refractivity contribution in [3.63, 3.8) is 0 Å². The zero-order valence-electron chi connectivity index (χ0n) is 13.6. The largest absolute Gasteiger partial charge is 0.490 e. The van der Waals surface area contributed by atoms with Gasteiger partial charge in [-0.3, -0.25) is 4.79 Å². The molecule has 0 atom stereocenters. The third-order valence-electron chi connectivity index (χ3n) is 3.72. The van der Waals surface area contributed by atoms with Gasteiger partial charge in [0.05, 0.1) is 5.56 Å². The molecule has 0 amide bonds. The van der Waals surface area contributed by atoms with Crippen LogP contribution in [0.1, 0.15) is 10.4 Å². The fraction of sp³-hybridized carbons (Fsp3) is 0.100. The van der Waals surface area contributed by atoms with Crippen LogP contribution in [0.2, 0.25) is 0 Å². The Balaban J connectivity index is 1.55. The summed E-state index contributed by atoms with van der Waals surface area (Å²) in [5, 5.41) is 10.8. The molecule has 0 aromatic heterocycles. The van der Waals surface area contributed by atoms with Gasteiger partial charge in [-0.15, -0.1) is 0 Å². The van der Waals surface area contributed by atoms with Crippen molar-refractivity contribution >= 4 is 22.5 Å². The molecule has 0 saturated heterocycles. The summed E-state index contributed by atoms with van der Waals surface area (Å²) >= 11 is 0. The molecular weight excluding hydrogens is 339 g/mol. The first-order valence-electron chi connectivity index (χ1n) is 7.86. The zero-order valence-corrected chi connectivity index (χ0v) is 13.6. The third-order valence-corrected chi connectivity index (χ3v) is 3.72. The van der Waals surface area contributed by atoms with Crippen molar-refractivity contribution in [1.29, 1.82) is 0 Å². The molecule has 0 aliphatic rings. The standard InChI is InChI=1S/C20H15FO5/c21-18-12-16(7-8-17(18)19(22)20(23)24)26-10-9-25-15-6-5-13-3-1-2-4-14(13)11-15/h1-8,11-12H,9-10H2,(H,23,24). The van der Waals surface area contributed by atoms with Crippen molar-refractivity contribution in [2.24, 2.45) is 0 Å². The second kappa shape index (κ2) is 7.65. The molecule has 26 heavy (non-hydrogen) atoms. The van der Waals surface area contributed by atoms with Gasteiger partial charge in [0.15, 0.2) is 0 Å². The van der Waals surface area contributed by atoms with Gasteiger partial charge in [-0.05, 0) is 35.0 Å². The predicted octanol–water partition coefficient (Wildman–Crippen LogP) is 3.70. The van der Waals surface area contributed by atoms with E-state index in [1.807, 2.05) is 42.5 Å². The highest BCUT2D eigenvalue weighted by atomic mass is 19.1. The number of hydrogen-bond acceptors (Lipinski definition) is 4. The molecule has 0 unspecified atom stereocenters. The molecule has 0 saturated carbocycles. The minimum atomic E-state index is -1.71. The quantitative estimate of drug-likeness (QED) is 0.398. The summed E-state index contributed by atoms with van der Waals surface area (Å²) in [5.41, 5.74) is -0.503. The first-order chi connectivity index (χ1) is 12.5. The van der Waals surface area contributed by atoms with E-state index in [2.05, 4.69) is 0 Å². The molecule has 3 aromatic carbocycles. The molecule has 0 fully saturated rings. The normalized spacial score (nSPS) is 10.5.